The summed E-state index contributed by atoms with van der Waals surface area (Å²) in [6, 6.07) is 3.16. The van der Waals surface area contributed by atoms with Crippen molar-refractivity contribution in [1.82, 2.24) is 10.3 Å². The first-order valence-electron chi connectivity index (χ1n) is 5.58. The van der Waals surface area contributed by atoms with Gasteiger partial charge in [-0.05, 0) is 30.9 Å². The van der Waals surface area contributed by atoms with E-state index >= 15 is 0 Å². The van der Waals surface area contributed by atoms with Crippen LogP contribution in [-0.2, 0) is 4.79 Å². The van der Waals surface area contributed by atoms with Crippen molar-refractivity contribution < 1.29 is 14.3 Å². The van der Waals surface area contributed by atoms with Crippen LogP contribution in [0.4, 0.5) is 0 Å². The molecule has 1 fully saturated rings. The molecule has 0 aliphatic heterocycles. The van der Waals surface area contributed by atoms with Gasteiger partial charge in [-0.2, -0.15) is 0 Å². The zero-order valence-electron chi connectivity index (χ0n) is 9.39. The van der Waals surface area contributed by atoms with Crippen LogP contribution >= 0.6 is 0 Å². The molecule has 5 heteroatoms. The number of aldehydes is 1. The third-order valence-electron chi connectivity index (χ3n) is 2.53. The molecule has 0 aromatic carbocycles. The number of carbonyl (C=O) groups excluding carboxylic acids is 2. The van der Waals surface area contributed by atoms with Crippen molar-refractivity contribution in [2.75, 3.05) is 13.2 Å². The Morgan fingerprint density at radius 1 is 1.53 bits per heavy atom. The van der Waals surface area contributed by atoms with Crippen LogP contribution in [0.15, 0.2) is 18.3 Å². The third-order valence-corrected chi connectivity index (χ3v) is 2.53. The minimum atomic E-state index is -0.128. The average Bonchev–Trinajstić information content (AvgIpc) is 3.18. The van der Waals surface area contributed by atoms with E-state index in [0.29, 0.717) is 23.6 Å². The molecule has 1 aliphatic rings. The number of nitrogens with zero attached hydrogens (tertiary/aromatic N) is 1. The second kappa shape index (κ2) is 5.43. The molecule has 0 saturated heterocycles. The summed E-state index contributed by atoms with van der Waals surface area (Å²) in [6.07, 6.45) is 4.50. The molecule has 0 unspecified atom stereocenters. The van der Waals surface area contributed by atoms with Crippen molar-refractivity contribution in [3.8, 4) is 5.75 Å². The zero-order chi connectivity index (χ0) is 12.1. The first-order chi connectivity index (χ1) is 8.28. The molecule has 1 aromatic rings. The molecule has 0 atom stereocenters. The Morgan fingerprint density at radius 3 is 2.94 bits per heavy atom. The van der Waals surface area contributed by atoms with E-state index < -0.39 is 0 Å². The van der Waals surface area contributed by atoms with Crippen LogP contribution < -0.4 is 10.1 Å². The molecule has 1 aliphatic carbocycles. The summed E-state index contributed by atoms with van der Waals surface area (Å²) < 4.78 is 5.23. The molecule has 1 heterocycles. The van der Waals surface area contributed by atoms with Gasteiger partial charge in [0.1, 0.15) is 11.4 Å². The SMILES string of the molecule is O=Cc1ccc(OCC(=O)NCC2CC2)cn1. The Morgan fingerprint density at radius 2 is 2.35 bits per heavy atom. The highest BCUT2D eigenvalue weighted by Gasteiger charge is 2.21. The van der Waals surface area contributed by atoms with Gasteiger partial charge in [0.25, 0.3) is 5.91 Å². The fraction of sp³-hybridized carbons (Fsp3) is 0.417. The molecule has 5 nitrogen and oxygen atoms in total. The van der Waals surface area contributed by atoms with Gasteiger partial charge in [-0.3, -0.25) is 9.59 Å². The number of nitrogens with one attached hydrogen (secondary N) is 1. The summed E-state index contributed by atoms with van der Waals surface area (Å²) in [5, 5.41) is 2.80. The van der Waals surface area contributed by atoms with Crippen LogP contribution in [0.25, 0.3) is 0 Å². The smallest absolute Gasteiger partial charge is 0.257 e. The molecule has 0 spiro atoms. The Balaban J connectivity index is 1.71. The molecule has 2 rings (SSSR count). The van der Waals surface area contributed by atoms with Crippen LogP contribution in [0, 0.1) is 5.92 Å². The van der Waals surface area contributed by atoms with E-state index in [0.717, 1.165) is 6.54 Å². The normalized spacial score (nSPS) is 14.1. The highest BCUT2D eigenvalue weighted by molar-refractivity contribution is 5.77. The summed E-state index contributed by atoms with van der Waals surface area (Å²) in [6.45, 7) is 0.722. The fourth-order valence-corrected chi connectivity index (χ4v) is 1.33. The second-order valence-electron chi connectivity index (χ2n) is 4.07. The van der Waals surface area contributed by atoms with Crippen molar-refractivity contribution >= 4 is 12.2 Å². The van der Waals surface area contributed by atoms with Gasteiger partial charge in [-0.15, -0.1) is 0 Å². The van der Waals surface area contributed by atoms with Gasteiger partial charge < -0.3 is 10.1 Å². The maximum Gasteiger partial charge on any atom is 0.257 e. The van der Waals surface area contributed by atoms with E-state index in [4.69, 9.17) is 4.74 Å². The number of rotatable bonds is 6. The average molecular weight is 234 g/mol. The van der Waals surface area contributed by atoms with Gasteiger partial charge in [0.05, 0.1) is 6.20 Å². The van der Waals surface area contributed by atoms with Gasteiger partial charge in [0.15, 0.2) is 12.9 Å². The van der Waals surface area contributed by atoms with Gasteiger partial charge in [-0.1, -0.05) is 0 Å². The topological polar surface area (TPSA) is 68.3 Å². The number of hydrogen-bond acceptors (Lipinski definition) is 4. The number of aromatic nitrogens is 1. The van der Waals surface area contributed by atoms with Gasteiger partial charge in [-0.25, -0.2) is 4.98 Å². The van der Waals surface area contributed by atoms with Gasteiger partial charge in [0.2, 0.25) is 0 Å². The van der Waals surface area contributed by atoms with Crippen LogP contribution in [-0.4, -0.2) is 30.3 Å². The predicted octanol–water partition coefficient (Wildman–Crippen LogP) is 0.799. The van der Waals surface area contributed by atoms with E-state index in [2.05, 4.69) is 10.3 Å². The lowest BCUT2D eigenvalue weighted by Crippen LogP contribution is -2.30. The third kappa shape index (κ3) is 3.86. The lowest BCUT2D eigenvalue weighted by Gasteiger charge is -2.06. The van der Waals surface area contributed by atoms with Crippen molar-refractivity contribution in [2.24, 2.45) is 5.92 Å². The second-order valence-corrected chi connectivity index (χ2v) is 4.07. The molecule has 1 amide bonds. The molecule has 0 radical (unpaired) electrons. The lowest BCUT2D eigenvalue weighted by atomic mass is 10.4. The molecule has 90 valence electrons. The molecule has 1 aromatic heterocycles. The summed E-state index contributed by atoms with van der Waals surface area (Å²) in [5.41, 5.74) is 0.343. The van der Waals surface area contributed by atoms with E-state index in [1.165, 1.54) is 19.0 Å². The summed E-state index contributed by atoms with van der Waals surface area (Å²) >= 11 is 0. The number of ether oxygens (including phenoxy) is 1. The van der Waals surface area contributed by atoms with Crippen LogP contribution in [0.1, 0.15) is 23.3 Å². The maximum atomic E-state index is 11.4. The van der Waals surface area contributed by atoms with Crippen LogP contribution in [0.2, 0.25) is 0 Å². The van der Waals surface area contributed by atoms with Crippen LogP contribution in [0.5, 0.6) is 5.75 Å². The first-order valence-corrected chi connectivity index (χ1v) is 5.58. The molecule has 1 saturated carbocycles. The number of amides is 1. The maximum absolute atomic E-state index is 11.4. The molecular weight excluding hydrogens is 220 g/mol. The van der Waals surface area contributed by atoms with Crippen LogP contribution in [0.3, 0.4) is 0 Å². The summed E-state index contributed by atoms with van der Waals surface area (Å²) in [5.74, 6) is 1.01. The summed E-state index contributed by atoms with van der Waals surface area (Å²) in [4.78, 5) is 25.6. The Labute approximate surface area is 99.2 Å². The minimum absolute atomic E-state index is 0.0190. The zero-order valence-corrected chi connectivity index (χ0v) is 9.39. The molecule has 1 N–H and O–H groups in total. The van der Waals surface area contributed by atoms with E-state index in [1.54, 1.807) is 12.1 Å². The van der Waals surface area contributed by atoms with Crippen molar-refractivity contribution in [2.45, 2.75) is 12.8 Å². The highest BCUT2D eigenvalue weighted by atomic mass is 16.5. The predicted molar refractivity (Wildman–Crippen MR) is 60.9 cm³/mol. The van der Waals surface area contributed by atoms with Gasteiger partial charge >= 0.3 is 0 Å². The van der Waals surface area contributed by atoms with E-state index in [1.807, 2.05) is 0 Å². The monoisotopic (exact) mass is 234 g/mol. The van der Waals surface area contributed by atoms with Gasteiger partial charge in [0, 0.05) is 6.54 Å². The highest BCUT2D eigenvalue weighted by Crippen LogP contribution is 2.27. The number of pyridine rings is 1. The summed E-state index contributed by atoms with van der Waals surface area (Å²) in [7, 11) is 0. The standard InChI is InChI=1S/C12H14N2O3/c15-7-10-3-4-11(6-13-10)17-8-12(16)14-5-9-1-2-9/h3-4,6-7,9H,1-2,5,8H2,(H,14,16). The Bertz CT molecular complexity index is 399. The van der Waals surface area contributed by atoms with E-state index in [-0.39, 0.29) is 12.5 Å². The molecule has 0 bridgehead atoms. The van der Waals surface area contributed by atoms with Crippen molar-refractivity contribution in [1.29, 1.82) is 0 Å². The first kappa shape index (κ1) is 11.6. The Hall–Kier alpha value is -1.91. The lowest BCUT2D eigenvalue weighted by molar-refractivity contribution is -0.123. The van der Waals surface area contributed by atoms with E-state index in [9.17, 15) is 9.59 Å². The fourth-order valence-electron chi connectivity index (χ4n) is 1.33. The molecule has 17 heavy (non-hydrogen) atoms. The van der Waals surface area contributed by atoms with Crippen molar-refractivity contribution in [3.63, 3.8) is 0 Å². The number of carbonyl (C=O) groups is 2. The quantitative estimate of drug-likeness (QED) is 0.739. The largest absolute Gasteiger partial charge is 0.482 e. The van der Waals surface area contributed by atoms with Crippen molar-refractivity contribution in [3.05, 3.63) is 24.0 Å². The molecular formula is C12H14N2O3. The number of hydrogen-bond donors (Lipinski definition) is 1. The Kier molecular flexibility index (Phi) is 3.69. The minimum Gasteiger partial charge on any atom is -0.482 e.